The molecular weight excluding hydrogens is 140 g/mol. The Bertz CT molecular complexity index is 294. The van der Waals surface area contributed by atoms with Crippen molar-refractivity contribution in [1.82, 2.24) is 4.98 Å². The molecule has 0 bridgehead atoms. The van der Waals surface area contributed by atoms with Crippen molar-refractivity contribution in [2.75, 3.05) is 0 Å². The quantitative estimate of drug-likeness (QED) is 0.643. The van der Waals surface area contributed by atoms with Crippen molar-refractivity contribution in [3.05, 3.63) is 29.1 Å². The third-order valence-corrected chi connectivity index (χ3v) is 1.49. The van der Waals surface area contributed by atoms with E-state index in [0.29, 0.717) is 11.3 Å². The number of hydrogen-bond acceptors (Lipinski definition) is 2. The minimum Gasteiger partial charge on any atom is -0.366 e. The SMILES string of the molecule is Cc1cnc(C)c(C(N)=O)c1. The second-order valence-corrected chi connectivity index (χ2v) is 2.51. The van der Waals surface area contributed by atoms with Gasteiger partial charge in [0.05, 0.1) is 5.56 Å². The molecule has 0 aromatic carbocycles. The van der Waals surface area contributed by atoms with E-state index in [1.54, 1.807) is 19.2 Å². The summed E-state index contributed by atoms with van der Waals surface area (Å²) in [5, 5.41) is 0. The number of pyridine rings is 1. The molecule has 0 aliphatic carbocycles. The van der Waals surface area contributed by atoms with Crippen LogP contribution in [0.3, 0.4) is 0 Å². The van der Waals surface area contributed by atoms with Gasteiger partial charge in [-0.25, -0.2) is 0 Å². The predicted molar refractivity (Wildman–Crippen MR) is 42.2 cm³/mol. The average Bonchev–Trinajstić information content (AvgIpc) is 1.94. The van der Waals surface area contributed by atoms with Crippen LogP contribution in [0.5, 0.6) is 0 Å². The van der Waals surface area contributed by atoms with Gasteiger partial charge in [-0.3, -0.25) is 9.78 Å². The molecule has 0 aliphatic heterocycles. The Hall–Kier alpha value is -1.38. The molecule has 0 spiro atoms. The first kappa shape index (κ1) is 7.72. The fourth-order valence-corrected chi connectivity index (χ4v) is 0.887. The van der Waals surface area contributed by atoms with Gasteiger partial charge in [-0.1, -0.05) is 0 Å². The van der Waals surface area contributed by atoms with E-state index >= 15 is 0 Å². The van der Waals surface area contributed by atoms with Crippen LogP contribution in [0, 0.1) is 13.8 Å². The number of carbonyl (C=O) groups is 1. The van der Waals surface area contributed by atoms with E-state index in [9.17, 15) is 4.79 Å². The van der Waals surface area contributed by atoms with Gasteiger partial charge in [-0.15, -0.1) is 0 Å². The van der Waals surface area contributed by atoms with Gasteiger partial charge in [0, 0.05) is 11.9 Å². The van der Waals surface area contributed by atoms with Crippen LogP contribution in [0.25, 0.3) is 0 Å². The lowest BCUT2D eigenvalue weighted by Crippen LogP contribution is -2.13. The molecule has 1 aromatic rings. The van der Waals surface area contributed by atoms with Crippen LogP contribution in [-0.4, -0.2) is 10.9 Å². The molecule has 0 unspecified atom stereocenters. The summed E-state index contributed by atoms with van der Waals surface area (Å²) in [7, 11) is 0. The van der Waals surface area contributed by atoms with Crippen LogP contribution >= 0.6 is 0 Å². The summed E-state index contributed by atoms with van der Waals surface area (Å²) in [6, 6.07) is 1.74. The number of rotatable bonds is 1. The molecule has 1 rings (SSSR count). The van der Waals surface area contributed by atoms with E-state index in [1.807, 2.05) is 6.92 Å². The van der Waals surface area contributed by atoms with E-state index in [2.05, 4.69) is 4.98 Å². The summed E-state index contributed by atoms with van der Waals surface area (Å²) in [6.45, 7) is 3.64. The zero-order valence-corrected chi connectivity index (χ0v) is 6.59. The Morgan fingerprint density at radius 2 is 2.18 bits per heavy atom. The molecule has 1 aromatic heterocycles. The van der Waals surface area contributed by atoms with Gasteiger partial charge in [-0.2, -0.15) is 0 Å². The molecule has 0 radical (unpaired) electrons. The molecule has 1 heterocycles. The number of carbonyl (C=O) groups excluding carboxylic acids is 1. The highest BCUT2D eigenvalue weighted by atomic mass is 16.1. The monoisotopic (exact) mass is 150 g/mol. The van der Waals surface area contributed by atoms with Crippen LogP contribution in [0.15, 0.2) is 12.3 Å². The lowest BCUT2D eigenvalue weighted by molar-refractivity contribution is 0.0999. The zero-order chi connectivity index (χ0) is 8.43. The van der Waals surface area contributed by atoms with Crippen molar-refractivity contribution in [2.45, 2.75) is 13.8 Å². The molecule has 0 saturated heterocycles. The fourth-order valence-electron chi connectivity index (χ4n) is 0.887. The number of primary amides is 1. The van der Waals surface area contributed by atoms with E-state index in [-0.39, 0.29) is 0 Å². The Kier molecular flexibility index (Phi) is 1.89. The van der Waals surface area contributed by atoms with Crippen LogP contribution in [0.4, 0.5) is 0 Å². The standard InChI is InChI=1S/C8H10N2O/c1-5-3-7(8(9)11)6(2)10-4-5/h3-4H,1-2H3,(H2,9,11). The minimum atomic E-state index is -0.418. The highest BCUT2D eigenvalue weighted by Gasteiger charge is 2.04. The van der Waals surface area contributed by atoms with Gasteiger partial charge >= 0.3 is 0 Å². The van der Waals surface area contributed by atoms with Crippen LogP contribution in [-0.2, 0) is 0 Å². The molecule has 2 N–H and O–H groups in total. The molecule has 0 atom stereocenters. The number of nitrogens with two attached hydrogens (primary N) is 1. The van der Waals surface area contributed by atoms with E-state index < -0.39 is 5.91 Å². The van der Waals surface area contributed by atoms with Crippen LogP contribution < -0.4 is 5.73 Å². The molecule has 1 amide bonds. The lowest BCUT2D eigenvalue weighted by atomic mass is 10.1. The highest BCUT2D eigenvalue weighted by Crippen LogP contribution is 2.05. The molecule has 3 nitrogen and oxygen atoms in total. The predicted octanol–water partition coefficient (Wildman–Crippen LogP) is 0.797. The van der Waals surface area contributed by atoms with Gasteiger partial charge in [0.2, 0.25) is 0 Å². The van der Waals surface area contributed by atoms with Crippen molar-refractivity contribution in [2.24, 2.45) is 5.73 Å². The first-order valence-electron chi connectivity index (χ1n) is 3.34. The first-order chi connectivity index (χ1) is 5.11. The Balaban J connectivity index is 3.23. The van der Waals surface area contributed by atoms with Gasteiger partial charge in [-0.05, 0) is 25.5 Å². The number of hydrogen-bond donors (Lipinski definition) is 1. The van der Waals surface area contributed by atoms with Crippen molar-refractivity contribution in [1.29, 1.82) is 0 Å². The Morgan fingerprint density at radius 1 is 1.55 bits per heavy atom. The highest BCUT2D eigenvalue weighted by molar-refractivity contribution is 5.93. The van der Waals surface area contributed by atoms with Crippen molar-refractivity contribution in [3.63, 3.8) is 0 Å². The third kappa shape index (κ3) is 1.55. The van der Waals surface area contributed by atoms with E-state index in [1.165, 1.54) is 0 Å². The molecule has 0 fully saturated rings. The second kappa shape index (κ2) is 2.70. The van der Waals surface area contributed by atoms with Gasteiger partial charge in [0.1, 0.15) is 0 Å². The summed E-state index contributed by atoms with van der Waals surface area (Å²) < 4.78 is 0. The topological polar surface area (TPSA) is 56.0 Å². The largest absolute Gasteiger partial charge is 0.366 e. The van der Waals surface area contributed by atoms with Crippen LogP contribution in [0.2, 0.25) is 0 Å². The molecule has 11 heavy (non-hydrogen) atoms. The van der Waals surface area contributed by atoms with Gasteiger partial charge < -0.3 is 5.73 Å². The molecule has 0 saturated carbocycles. The summed E-state index contributed by atoms with van der Waals surface area (Å²) in [6.07, 6.45) is 1.71. The summed E-state index contributed by atoms with van der Waals surface area (Å²) in [5.41, 5.74) is 7.24. The Labute approximate surface area is 65.2 Å². The number of nitrogens with zero attached hydrogens (tertiary/aromatic N) is 1. The smallest absolute Gasteiger partial charge is 0.250 e. The lowest BCUT2D eigenvalue weighted by Gasteiger charge is -2.00. The number of amides is 1. The maximum atomic E-state index is 10.8. The maximum absolute atomic E-state index is 10.8. The maximum Gasteiger partial charge on any atom is 0.250 e. The van der Waals surface area contributed by atoms with Crippen molar-refractivity contribution >= 4 is 5.91 Å². The Morgan fingerprint density at radius 3 is 2.64 bits per heavy atom. The summed E-state index contributed by atoms with van der Waals surface area (Å²) in [4.78, 5) is 14.8. The fraction of sp³-hybridized carbons (Fsp3) is 0.250. The summed E-state index contributed by atoms with van der Waals surface area (Å²) in [5.74, 6) is -0.418. The van der Waals surface area contributed by atoms with Gasteiger partial charge in [0.15, 0.2) is 0 Å². The molecule has 58 valence electrons. The van der Waals surface area contributed by atoms with Crippen molar-refractivity contribution < 1.29 is 4.79 Å². The third-order valence-electron chi connectivity index (χ3n) is 1.49. The minimum absolute atomic E-state index is 0.418. The zero-order valence-electron chi connectivity index (χ0n) is 6.59. The van der Waals surface area contributed by atoms with E-state index in [4.69, 9.17) is 5.73 Å². The molecular formula is C8H10N2O. The van der Waals surface area contributed by atoms with Crippen LogP contribution in [0.1, 0.15) is 21.6 Å². The molecule has 0 aliphatic rings. The number of aromatic nitrogens is 1. The second-order valence-electron chi connectivity index (χ2n) is 2.51. The average molecular weight is 150 g/mol. The van der Waals surface area contributed by atoms with E-state index in [0.717, 1.165) is 5.56 Å². The molecule has 3 heteroatoms. The number of aryl methyl sites for hydroxylation is 2. The van der Waals surface area contributed by atoms with Gasteiger partial charge in [0.25, 0.3) is 5.91 Å². The first-order valence-corrected chi connectivity index (χ1v) is 3.34. The summed E-state index contributed by atoms with van der Waals surface area (Å²) >= 11 is 0. The normalized spacial score (nSPS) is 9.64. The van der Waals surface area contributed by atoms with Crippen molar-refractivity contribution in [3.8, 4) is 0 Å².